The van der Waals surface area contributed by atoms with Crippen molar-refractivity contribution in [3.63, 3.8) is 0 Å². The van der Waals surface area contributed by atoms with Crippen LogP contribution in [0.4, 0.5) is 5.69 Å². The Kier molecular flexibility index (Phi) is 3.50. The number of fused-ring (bicyclic) bond motifs is 5. The lowest BCUT2D eigenvalue weighted by atomic mass is 9.85. The molecule has 128 valence electrons. The van der Waals surface area contributed by atoms with Crippen molar-refractivity contribution in [2.24, 2.45) is 28.8 Å². The summed E-state index contributed by atoms with van der Waals surface area (Å²) >= 11 is 3.10. The normalized spacial score (nSPS) is 29.9. The van der Waals surface area contributed by atoms with Crippen LogP contribution >= 0.6 is 15.9 Å². The number of hydrogen-bond acceptors (Lipinski definition) is 6. The molecule has 9 heteroatoms. The zero-order valence-electron chi connectivity index (χ0n) is 12.7. The number of rotatable bonds is 3. The van der Waals surface area contributed by atoms with Gasteiger partial charge in [-0.15, -0.1) is 0 Å². The number of allylic oxidation sites excluding steroid dienone is 2. The molecule has 1 heterocycles. The number of carbonyl (C=O) groups excluding carboxylic acids is 2. The minimum Gasteiger partial charge on any atom is -0.867 e. The van der Waals surface area contributed by atoms with Gasteiger partial charge in [0, 0.05) is 10.5 Å². The molecule has 1 saturated heterocycles. The molecule has 0 aromatic heterocycles. The molecule has 0 radical (unpaired) electrons. The first-order valence-electron chi connectivity index (χ1n) is 7.63. The van der Waals surface area contributed by atoms with Crippen LogP contribution in [0.15, 0.2) is 33.9 Å². The average Bonchev–Trinajstić information content (AvgIpc) is 3.23. The van der Waals surface area contributed by atoms with E-state index >= 15 is 0 Å². The van der Waals surface area contributed by atoms with Crippen molar-refractivity contribution in [1.29, 1.82) is 0 Å². The summed E-state index contributed by atoms with van der Waals surface area (Å²) < 4.78 is 0.332. The van der Waals surface area contributed by atoms with Crippen LogP contribution in [-0.2, 0) is 9.59 Å². The number of carbonyl (C=O) groups is 2. The van der Waals surface area contributed by atoms with Crippen LogP contribution in [0.25, 0.3) is 0 Å². The minimum absolute atomic E-state index is 0.0636. The monoisotopic (exact) mass is 404 g/mol. The van der Waals surface area contributed by atoms with E-state index in [1.54, 1.807) is 0 Å². The molecule has 0 spiro atoms. The Labute approximate surface area is 150 Å². The molecule has 0 N–H and O–H groups in total. The van der Waals surface area contributed by atoms with Crippen molar-refractivity contribution in [2.45, 2.75) is 6.42 Å². The largest absolute Gasteiger partial charge is 0.867 e. The molecule has 1 saturated carbocycles. The molecule has 4 rings (SSSR count). The number of amides is 2. The van der Waals surface area contributed by atoms with Crippen LogP contribution in [0, 0.1) is 33.8 Å². The summed E-state index contributed by atoms with van der Waals surface area (Å²) in [4.78, 5) is 35.1. The van der Waals surface area contributed by atoms with E-state index in [1.807, 2.05) is 12.2 Å². The van der Waals surface area contributed by atoms with E-state index in [9.17, 15) is 24.8 Å². The van der Waals surface area contributed by atoms with Crippen molar-refractivity contribution in [1.82, 2.24) is 5.01 Å². The molecule has 0 unspecified atom stereocenters. The van der Waals surface area contributed by atoms with E-state index < -0.39 is 16.4 Å². The second-order valence-corrected chi connectivity index (χ2v) is 7.25. The maximum atomic E-state index is 12.5. The van der Waals surface area contributed by atoms with Gasteiger partial charge in [0.2, 0.25) is 0 Å². The third kappa shape index (κ3) is 2.30. The molecule has 1 aromatic carbocycles. The molecule has 1 aliphatic heterocycles. The lowest BCUT2D eigenvalue weighted by Crippen LogP contribution is -2.28. The Hall–Kier alpha value is -2.55. The number of nitrogens with zero attached hydrogens (tertiary/aromatic N) is 3. The van der Waals surface area contributed by atoms with E-state index in [0.717, 1.165) is 23.7 Å². The summed E-state index contributed by atoms with van der Waals surface area (Å²) in [5, 5.41) is 27.7. The lowest BCUT2D eigenvalue weighted by Gasteiger charge is -2.13. The SMILES string of the molecule is O=C1[C@@H]2[C@H](C(=O)N1/N=C\c1cc(Br)cc([N+](=O)[O-])c1[O-])[C@@H]1C=C[C@H]2C1. The predicted octanol–water partition coefficient (Wildman–Crippen LogP) is 1.57. The molecule has 3 aliphatic rings. The second kappa shape index (κ2) is 5.48. The Bertz CT molecular complexity index is 851. The second-order valence-electron chi connectivity index (χ2n) is 6.33. The molecular weight excluding hydrogens is 394 g/mol. The fraction of sp³-hybridized carbons (Fsp3) is 0.312. The van der Waals surface area contributed by atoms with Crippen LogP contribution in [0.1, 0.15) is 12.0 Å². The topological polar surface area (TPSA) is 116 Å². The molecular formula is C16H11BrN3O5-. The first-order chi connectivity index (χ1) is 11.9. The number of imide groups is 1. The summed E-state index contributed by atoms with van der Waals surface area (Å²) in [6.45, 7) is 0. The molecule has 8 nitrogen and oxygen atoms in total. The zero-order chi connectivity index (χ0) is 17.9. The van der Waals surface area contributed by atoms with Gasteiger partial charge in [0.25, 0.3) is 17.5 Å². The Balaban J connectivity index is 1.64. The van der Waals surface area contributed by atoms with Crippen LogP contribution in [0.3, 0.4) is 0 Å². The molecule has 2 aliphatic carbocycles. The van der Waals surface area contributed by atoms with Gasteiger partial charge in [-0.05, 0) is 35.6 Å². The van der Waals surface area contributed by atoms with Crippen molar-refractivity contribution < 1.29 is 19.6 Å². The van der Waals surface area contributed by atoms with E-state index in [4.69, 9.17) is 0 Å². The number of benzene rings is 1. The molecule has 2 fully saturated rings. The number of nitro benzene ring substituents is 1. The predicted molar refractivity (Wildman–Crippen MR) is 87.4 cm³/mol. The highest BCUT2D eigenvalue weighted by atomic mass is 79.9. The fourth-order valence-corrected chi connectivity index (χ4v) is 4.42. The van der Waals surface area contributed by atoms with Crippen molar-refractivity contribution in [2.75, 3.05) is 0 Å². The average molecular weight is 405 g/mol. The third-order valence-electron chi connectivity index (χ3n) is 5.02. The van der Waals surface area contributed by atoms with Gasteiger partial charge in [0.15, 0.2) is 0 Å². The Morgan fingerprint density at radius 2 is 1.80 bits per heavy atom. The number of halogens is 1. The third-order valence-corrected chi connectivity index (χ3v) is 5.48. The minimum atomic E-state index is -0.821. The number of hydrogen-bond donors (Lipinski definition) is 0. The van der Waals surface area contributed by atoms with Crippen LogP contribution in [0.2, 0.25) is 0 Å². The first-order valence-corrected chi connectivity index (χ1v) is 8.43. The quantitative estimate of drug-likeness (QED) is 0.249. The van der Waals surface area contributed by atoms with Gasteiger partial charge in [-0.25, -0.2) is 0 Å². The molecule has 4 atom stereocenters. The van der Waals surface area contributed by atoms with Gasteiger partial charge in [-0.2, -0.15) is 10.1 Å². The van der Waals surface area contributed by atoms with Crippen molar-refractivity contribution in [3.05, 3.63) is 44.4 Å². The van der Waals surface area contributed by atoms with Gasteiger partial charge >= 0.3 is 0 Å². The van der Waals surface area contributed by atoms with E-state index in [-0.39, 0.29) is 41.0 Å². The Morgan fingerprint density at radius 1 is 1.20 bits per heavy atom. The van der Waals surface area contributed by atoms with E-state index in [1.165, 1.54) is 6.07 Å². The molecule has 25 heavy (non-hydrogen) atoms. The first kappa shape index (κ1) is 15.9. The summed E-state index contributed by atoms with van der Waals surface area (Å²) in [5.74, 6) is -2.22. The lowest BCUT2D eigenvalue weighted by molar-refractivity contribution is -0.398. The summed E-state index contributed by atoms with van der Waals surface area (Å²) in [6.07, 6.45) is 5.79. The fourth-order valence-electron chi connectivity index (χ4n) is 3.95. The van der Waals surface area contributed by atoms with Crippen LogP contribution in [0.5, 0.6) is 5.75 Å². The van der Waals surface area contributed by atoms with Crippen molar-refractivity contribution in [3.8, 4) is 5.75 Å². The van der Waals surface area contributed by atoms with Gasteiger partial charge in [-0.3, -0.25) is 19.7 Å². The molecule has 1 aromatic rings. The summed E-state index contributed by atoms with van der Waals surface area (Å²) in [7, 11) is 0. The zero-order valence-corrected chi connectivity index (χ0v) is 14.3. The Morgan fingerprint density at radius 3 is 2.36 bits per heavy atom. The number of hydrazone groups is 1. The van der Waals surface area contributed by atoms with Gasteiger partial charge in [-0.1, -0.05) is 28.1 Å². The highest BCUT2D eigenvalue weighted by Crippen LogP contribution is 2.52. The maximum absolute atomic E-state index is 12.5. The summed E-state index contributed by atoms with van der Waals surface area (Å²) in [6, 6.07) is 2.45. The highest BCUT2D eigenvalue weighted by molar-refractivity contribution is 9.10. The van der Waals surface area contributed by atoms with E-state index in [2.05, 4.69) is 21.0 Å². The van der Waals surface area contributed by atoms with Crippen LogP contribution in [-0.4, -0.2) is 28.0 Å². The smallest absolute Gasteiger partial charge is 0.263 e. The van der Waals surface area contributed by atoms with Crippen molar-refractivity contribution >= 4 is 39.6 Å². The highest BCUT2D eigenvalue weighted by Gasteiger charge is 2.59. The van der Waals surface area contributed by atoms with Gasteiger partial charge in [0.1, 0.15) is 0 Å². The molecule has 2 bridgehead atoms. The van der Waals surface area contributed by atoms with Gasteiger partial charge < -0.3 is 5.11 Å². The standard InChI is InChI=1S/C16H12BrN3O5/c17-10-4-9(14(21)11(5-10)20(24)25)6-18-19-15(22)12-7-1-2-8(3-7)13(12)16(19)23/h1-2,4-8,12-13,21H,3H2/p-1/b18-6-/t7-,8+,12-,13+. The maximum Gasteiger partial charge on any atom is 0.263 e. The summed E-state index contributed by atoms with van der Waals surface area (Å²) in [5.41, 5.74) is -0.672. The molecule has 2 amide bonds. The van der Waals surface area contributed by atoms with Gasteiger partial charge in [0.05, 0.1) is 23.0 Å². The van der Waals surface area contributed by atoms with Crippen LogP contribution < -0.4 is 5.11 Å². The van der Waals surface area contributed by atoms with E-state index in [0.29, 0.717) is 4.47 Å². The number of nitro groups is 1.